The maximum Gasteiger partial charge on any atom is 0.262 e. The summed E-state index contributed by atoms with van der Waals surface area (Å²) in [6.07, 6.45) is 1.86. The molecule has 7 rings (SSSR count). The number of imidazole rings is 1. The first-order chi connectivity index (χ1) is 22.1. The zero-order chi connectivity index (χ0) is 30.8. The lowest BCUT2D eigenvalue weighted by Crippen LogP contribution is -2.43. The van der Waals surface area contributed by atoms with Crippen molar-refractivity contribution in [3.63, 3.8) is 0 Å². The zero-order valence-corrected chi connectivity index (χ0v) is 24.5. The van der Waals surface area contributed by atoms with E-state index in [1.807, 2.05) is 84.9 Å². The predicted molar refractivity (Wildman–Crippen MR) is 177 cm³/mol. The Morgan fingerprint density at radius 2 is 1.58 bits per heavy atom. The van der Waals surface area contributed by atoms with E-state index >= 15 is 4.39 Å². The van der Waals surface area contributed by atoms with E-state index in [1.54, 1.807) is 29.2 Å². The lowest BCUT2D eigenvalue weighted by molar-refractivity contribution is 0.0974. The van der Waals surface area contributed by atoms with Gasteiger partial charge in [-0.3, -0.25) is 9.69 Å². The molecule has 0 fully saturated rings. The number of halogens is 1. The van der Waals surface area contributed by atoms with E-state index in [0.717, 1.165) is 22.4 Å². The highest BCUT2D eigenvalue weighted by Crippen LogP contribution is 2.38. The van der Waals surface area contributed by atoms with E-state index in [0.29, 0.717) is 41.3 Å². The monoisotopic (exact) mass is 594 g/mol. The molecule has 222 valence electrons. The third-order valence-electron chi connectivity index (χ3n) is 8.12. The van der Waals surface area contributed by atoms with Gasteiger partial charge in [-0.05, 0) is 61.0 Å². The van der Waals surface area contributed by atoms with Crippen LogP contribution in [0.3, 0.4) is 0 Å². The van der Waals surface area contributed by atoms with E-state index in [-0.39, 0.29) is 17.8 Å². The average molecular weight is 595 g/mol. The van der Waals surface area contributed by atoms with Crippen LogP contribution in [-0.4, -0.2) is 22.1 Å². The van der Waals surface area contributed by atoms with Gasteiger partial charge in [0.2, 0.25) is 0 Å². The van der Waals surface area contributed by atoms with Gasteiger partial charge in [0.05, 0.1) is 22.6 Å². The second-order valence-electron chi connectivity index (χ2n) is 10.9. The van der Waals surface area contributed by atoms with Crippen molar-refractivity contribution in [2.75, 3.05) is 16.8 Å². The summed E-state index contributed by atoms with van der Waals surface area (Å²) in [6, 6.07) is 39.3. The molecule has 7 heteroatoms. The molecule has 6 nitrogen and oxygen atoms in total. The van der Waals surface area contributed by atoms with Gasteiger partial charge >= 0.3 is 0 Å². The Hall–Kier alpha value is -5.69. The highest BCUT2D eigenvalue weighted by atomic mass is 19.1. The van der Waals surface area contributed by atoms with Gasteiger partial charge in [-0.25, -0.2) is 9.37 Å². The van der Waals surface area contributed by atoms with Gasteiger partial charge < -0.3 is 14.6 Å². The topological polar surface area (TPSA) is 59.4 Å². The van der Waals surface area contributed by atoms with Crippen molar-refractivity contribution in [1.29, 1.82) is 0 Å². The van der Waals surface area contributed by atoms with Gasteiger partial charge in [0.15, 0.2) is 0 Å². The van der Waals surface area contributed by atoms with Crippen LogP contribution in [0, 0.1) is 5.82 Å². The molecule has 0 saturated carbocycles. The number of allylic oxidation sites excluding steroid dienone is 1. The summed E-state index contributed by atoms with van der Waals surface area (Å²) in [5, 5.41) is 3.37. The lowest BCUT2D eigenvalue weighted by Gasteiger charge is -2.38. The Morgan fingerprint density at radius 3 is 2.38 bits per heavy atom. The quantitative estimate of drug-likeness (QED) is 0.170. The number of fused-ring (bicyclic) bond motifs is 2. The summed E-state index contributed by atoms with van der Waals surface area (Å²) in [5.74, 6) is 0.928. The molecule has 0 radical (unpaired) electrons. The van der Waals surface area contributed by atoms with E-state index in [2.05, 4.69) is 34.7 Å². The number of carbonyl (C=O) groups excluding carboxylic acids is 1. The number of hydrogen-bond donors (Lipinski definition) is 1. The summed E-state index contributed by atoms with van der Waals surface area (Å²) in [7, 11) is 0. The molecule has 2 heterocycles. The van der Waals surface area contributed by atoms with Gasteiger partial charge in [-0.1, -0.05) is 78.9 Å². The minimum absolute atomic E-state index is 0.0698. The van der Waals surface area contributed by atoms with Crippen molar-refractivity contribution in [3.8, 4) is 17.1 Å². The molecule has 1 aliphatic rings. The molecule has 0 bridgehead atoms. The maximum atomic E-state index is 15.0. The summed E-state index contributed by atoms with van der Waals surface area (Å²) in [6.45, 7) is 4.39. The number of anilines is 2. The standard InChI is InChI=1S/C38H31FN4O2/c1-2-12-28(42-35-20-11-10-19-34(35)41-36(42)26-13-4-3-5-14-26)25-45-29-23-21-27(22-24-29)43-37(30-15-6-8-17-32(30)39)40-33-18-9-7-16-31(33)38(43)44/h2-11,13-24,28,37,40H,1,12,25H2. The van der Waals surface area contributed by atoms with Gasteiger partial charge in [0, 0.05) is 22.5 Å². The Labute approximate surface area is 261 Å². The van der Waals surface area contributed by atoms with E-state index in [4.69, 9.17) is 9.72 Å². The highest BCUT2D eigenvalue weighted by Gasteiger charge is 2.35. The van der Waals surface area contributed by atoms with Crippen molar-refractivity contribution in [1.82, 2.24) is 9.55 Å². The fourth-order valence-electron chi connectivity index (χ4n) is 5.98. The molecule has 2 atom stereocenters. The van der Waals surface area contributed by atoms with Gasteiger partial charge in [-0.15, -0.1) is 6.58 Å². The molecule has 1 amide bonds. The molecule has 5 aromatic carbocycles. The second kappa shape index (κ2) is 12.1. The van der Waals surface area contributed by atoms with Crippen LogP contribution in [0.1, 0.15) is 34.5 Å². The number of carbonyl (C=O) groups is 1. The molecule has 0 spiro atoms. The highest BCUT2D eigenvalue weighted by molar-refractivity contribution is 6.12. The molecule has 1 N–H and O–H groups in total. The molecular weight excluding hydrogens is 563 g/mol. The van der Waals surface area contributed by atoms with Crippen LogP contribution >= 0.6 is 0 Å². The second-order valence-corrected chi connectivity index (χ2v) is 10.9. The first-order valence-electron chi connectivity index (χ1n) is 14.9. The van der Waals surface area contributed by atoms with Crippen LogP contribution in [0.15, 0.2) is 140 Å². The van der Waals surface area contributed by atoms with E-state index < -0.39 is 6.17 Å². The largest absolute Gasteiger partial charge is 0.491 e. The van der Waals surface area contributed by atoms with Gasteiger partial charge in [-0.2, -0.15) is 0 Å². The Bertz CT molecular complexity index is 1990. The number of rotatable bonds is 9. The minimum atomic E-state index is -0.719. The summed E-state index contributed by atoms with van der Waals surface area (Å²) in [5.41, 5.74) is 5.17. The number of ether oxygens (including phenoxy) is 1. The molecule has 6 aromatic rings. The van der Waals surface area contributed by atoms with Crippen LogP contribution in [0.5, 0.6) is 5.75 Å². The van der Waals surface area contributed by atoms with Crippen LogP contribution in [0.2, 0.25) is 0 Å². The number of nitrogens with one attached hydrogen (secondary N) is 1. The number of para-hydroxylation sites is 3. The molecule has 0 saturated heterocycles. The normalized spacial score (nSPS) is 14.9. The van der Waals surface area contributed by atoms with Crippen molar-refractivity contribution in [3.05, 3.63) is 157 Å². The number of benzene rings is 5. The van der Waals surface area contributed by atoms with E-state index in [1.165, 1.54) is 6.07 Å². The Morgan fingerprint density at radius 1 is 0.867 bits per heavy atom. The number of nitrogens with zero attached hydrogens (tertiary/aromatic N) is 3. The van der Waals surface area contributed by atoms with Crippen molar-refractivity contribution in [2.24, 2.45) is 0 Å². The molecule has 1 aliphatic heterocycles. The smallest absolute Gasteiger partial charge is 0.262 e. The number of amides is 1. The molecule has 45 heavy (non-hydrogen) atoms. The van der Waals surface area contributed by atoms with Crippen LogP contribution < -0.4 is 15.0 Å². The van der Waals surface area contributed by atoms with Gasteiger partial charge in [0.1, 0.15) is 30.2 Å². The van der Waals surface area contributed by atoms with Crippen molar-refractivity contribution in [2.45, 2.75) is 18.6 Å². The third-order valence-corrected chi connectivity index (χ3v) is 8.12. The number of hydrogen-bond acceptors (Lipinski definition) is 4. The van der Waals surface area contributed by atoms with Gasteiger partial charge in [0.25, 0.3) is 5.91 Å². The fraction of sp³-hybridized carbons (Fsp3) is 0.105. The van der Waals surface area contributed by atoms with Crippen LogP contribution in [-0.2, 0) is 0 Å². The third kappa shape index (κ3) is 5.33. The summed E-state index contributed by atoms with van der Waals surface area (Å²) in [4.78, 5) is 20.3. The summed E-state index contributed by atoms with van der Waals surface area (Å²) < 4.78 is 23.6. The molecule has 0 aliphatic carbocycles. The molecular formula is C38H31FN4O2. The molecule has 1 aromatic heterocycles. The molecule has 2 unspecified atom stereocenters. The first kappa shape index (κ1) is 28.1. The van der Waals surface area contributed by atoms with Crippen molar-refractivity contribution < 1.29 is 13.9 Å². The Kier molecular flexibility index (Phi) is 7.57. The minimum Gasteiger partial charge on any atom is -0.491 e. The predicted octanol–water partition coefficient (Wildman–Crippen LogP) is 8.81. The SMILES string of the molecule is C=CCC(COc1ccc(N2C(=O)c3ccccc3NC2c2ccccc2F)cc1)n1c(-c2ccccc2)nc2ccccc21. The first-order valence-corrected chi connectivity index (χ1v) is 14.9. The summed E-state index contributed by atoms with van der Waals surface area (Å²) >= 11 is 0. The fourth-order valence-corrected chi connectivity index (χ4v) is 5.98. The van der Waals surface area contributed by atoms with E-state index in [9.17, 15) is 4.79 Å². The zero-order valence-electron chi connectivity index (χ0n) is 24.5. The average Bonchev–Trinajstić information content (AvgIpc) is 3.47. The lowest BCUT2D eigenvalue weighted by atomic mass is 10.0. The number of aromatic nitrogens is 2. The van der Waals surface area contributed by atoms with Crippen molar-refractivity contribution >= 4 is 28.3 Å². The van der Waals surface area contributed by atoms with Crippen LogP contribution in [0.4, 0.5) is 15.8 Å². The maximum absolute atomic E-state index is 15.0. The van der Waals surface area contributed by atoms with Crippen LogP contribution in [0.25, 0.3) is 22.4 Å². The Balaban J connectivity index is 1.18.